The molecule has 1 amide bonds. The monoisotopic (exact) mass is 231 g/mol. The van der Waals surface area contributed by atoms with E-state index in [9.17, 15) is 13.2 Å². The third-order valence-electron chi connectivity index (χ3n) is 2.58. The minimum absolute atomic E-state index is 0.0953. The van der Waals surface area contributed by atoms with Crippen molar-refractivity contribution in [1.29, 1.82) is 0 Å². The number of sulfone groups is 1. The van der Waals surface area contributed by atoms with Crippen LogP contribution in [0, 0.1) is 0 Å². The number of amides is 1. The van der Waals surface area contributed by atoms with Crippen molar-refractivity contribution in [3.8, 4) is 0 Å². The summed E-state index contributed by atoms with van der Waals surface area (Å²) in [5.41, 5.74) is 0. The zero-order valence-corrected chi connectivity index (χ0v) is 9.96. The maximum Gasteiger partial charge on any atom is 0.246 e. The van der Waals surface area contributed by atoms with Crippen LogP contribution in [0.25, 0.3) is 0 Å². The molecule has 0 aliphatic carbocycles. The van der Waals surface area contributed by atoms with E-state index < -0.39 is 9.84 Å². The van der Waals surface area contributed by atoms with Gasteiger partial charge in [0.25, 0.3) is 0 Å². The van der Waals surface area contributed by atoms with Crippen LogP contribution in [0.3, 0.4) is 0 Å². The Bertz CT molecular complexity index is 359. The normalized spacial score (nSPS) is 24.5. The minimum Gasteiger partial charge on any atom is -0.335 e. The van der Waals surface area contributed by atoms with Gasteiger partial charge in [-0.25, -0.2) is 8.42 Å². The summed E-state index contributed by atoms with van der Waals surface area (Å²) in [6.07, 6.45) is 3.72. The largest absolute Gasteiger partial charge is 0.335 e. The Hall–Kier alpha value is -0.840. The summed E-state index contributed by atoms with van der Waals surface area (Å²) < 4.78 is 22.6. The van der Waals surface area contributed by atoms with E-state index >= 15 is 0 Å². The van der Waals surface area contributed by atoms with Crippen LogP contribution >= 0.6 is 0 Å². The number of nitrogens with zero attached hydrogens (tertiary/aromatic N) is 1. The van der Waals surface area contributed by atoms with Gasteiger partial charge in [-0.3, -0.25) is 4.79 Å². The zero-order valence-electron chi connectivity index (χ0n) is 9.14. The van der Waals surface area contributed by atoms with Crippen molar-refractivity contribution >= 4 is 15.7 Å². The highest BCUT2D eigenvalue weighted by Crippen LogP contribution is 2.17. The molecule has 1 heterocycles. The average molecular weight is 231 g/mol. The van der Waals surface area contributed by atoms with Crippen molar-refractivity contribution in [3.05, 3.63) is 12.2 Å². The summed E-state index contributed by atoms with van der Waals surface area (Å²) in [6, 6.07) is -0.135. The molecule has 0 aromatic heterocycles. The molecule has 0 saturated carbocycles. The van der Waals surface area contributed by atoms with Gasteiger partial charge < -0.3 is 4.90 Å². The number of rotatable bonds is 3. The second-order valence-corrected chi connectivity index (χ2v) is 5.91. The fraction of sp³-hybridized carbons (Fsp3) is 0.700. The van der Waals surface area contributed by atoms with Crippen LogP contribution in [0.2, 0.25) is 0 Å². The molecule has 1 saturated heterocycles. The molecule has 0 aromatic carbocycles. The second-order valence-electron chi connectivity index (χ2n) is 3.68. The maximum absolute atomic E-state index is 11.6. The molecule has 4 nitrogen and oxygen atoms in total. The van der Waals surface area contributed by atoms with E-state index in [0.29, 0.717) is 13.0 Å². The summed E-state index contributed by atoms with van der Waals surface area (Å²) in [5, 5.41) is 0. The topological polar surface area (TPSA) is 54.5 Å². The highest BCUT2D eigenvalue weighted by atomic mass is 32.2. The summed E-state index contributed by atoms with van der Waals surface area (Å²) in [5.74, 6) is 0.226. The van der Waals surface area contributed by atoms with Crippen LogP contribution < -0.4 is 0 Å². The molecule has 1 fully saturated rings. The first kappa shape index (κ1) is 12.2. The average Bonchev–Trinajstić information content (AvgIpc) is 2.48. The summed E-state index contributed by atoms with van der Waals surface area (Å²) in [4.78, 5) is 13.2. The van der Waals surface area contributed by atoms with E-state index in [0.717, 1.165) is 0 Å². The molecular weight excluding hydrogens is 214 g/mol. The van der Waals surface area contributed by atoms with Crippen LogP contribution in [-0.4, -0.2) is 43.3 Å². The summed E-state index contributed by atoms with van der Waals surface area (Å²) in [6.45, 7) is 4.20. The first-order chi connectivity index (χ1) is 7.00. The lowest BCUT2D eigenvalue weighted by Crippen LogP contribution is -2.39. The van der Waals surface area contributed by atoms with Gasteiger partial charge in [0.1, 0.15) is 0 Å². The van der Waals surface area contributed by atoms with Crippen molar-refractivity contribution in [2.24, 2.45) is 0 Å². The standard InChI is InChI=1S/C10H17NO3S/c1-3-5-10(12)11(4-2)9-6-7-15(13,14)8-9/h3,5,9H,4,6-8H2,1-2H3. The van der Waals surface area contributed by atoms with E-state index in [1.54, 1.807) is 17.9 Å². The van der Waals surface area contributed by atoms with Crippen LogP contribution in [0.5, 0.6) is 0 Å². The lowest BCUT2D eigenvalue weighted by molar-refractivity contribution is -0.127. The number of carbonyl (C=O) groups excluding carboxylic acids is 1. The first-order valence-electron chi connectivity index (χ1n) is 5.14. The molecule has 15 heavy (non-hydrogen) atoms. The maximum atomic E-state index is 11.6. The molecule has 1 atom stereocenters. The SMILES string of the molecule is CC=CC(=O)N(CC)C1CCS(=O)(=O)C1. The fourth-order valence-electron chi connectivity index (χ4n) is 1.85. The smallest absolute Gasteiger partial charge is 0.246 e. The lowest BCUT2D eigenvalue weighted by atomic mass is 10.2. The summed E-state index contributed by atoms with van der Waals surface area (Å²) in [7, 11) is -2.92. The Labute approximate surface area is 90.9 Å². The number of hydrogen-bond acceptors (Lipinski definition) is 3. The second kappa shape index (κ2) is 4.79. The molecule has 1 unspecified atom stereocenters. The quantitative estimate of drug-likeness (QED) is 0.668. The predicted molar refractivity (Wildman–Crippen MR) is 59.3 cm³/mol. The van der Waals surface area contributed by atoms with Crippen molar-refractivity contribution < 1.29 is 13.2 Å². The van der Waals surface area contributed by atoms with E-state index in [-0.39, 0.29) is 23.5 Å². The van der Waals surface area contributed by atoms with E-state index in [4.69, 9.17) is 0 Å². The third-order valence-corrected chi connectivity index (χ3v) is 4.33. The number of allylic oxidation sites excluding steroid dienone is 1. The molecule has 0 radical (unpaired) electrons. The van der Waals surface area contributed by atoms with E-state index in [1.165, 1.54) is 6.08 Å². The van der Waals surface area contributed by atoms with Gasteiger partial charge in [-0.2, -0.15) is 0 Å². The van der Waals surface area contributed by atoms with Gasteiger partial charge in [-0.1, -0.05) is 6.08 Å². The Morgan fingerprint density at radius 2 is 2.20 bits per heavy atom. The number of hydrogen-bond donors (Lipinski definition) is 0. The third kappa shape index (κ3) is 3.06. The van der Waals surface area contributed by atoms with Crippen molar-refractivity contribution in [2.75, 3.05) is 18.1 Å². The summed E-state index contributed by atoms with van der Waals surface area (Å²) >= 11 is 0. The van der Waals surface area contributed by atoms with Gasteiger partial charge in [0.15, 0.2) is 9.84 Å². The Morgan fingerprint density at radius 1 is 1.53 bits per heavy atom. The molecule has 1 aliphatic rings. The Kier molecular flexibility index (Phi) is 3.90. The van der Waals surface area contributed by atoms with Gasteiger partial charge in [-0.15, -0.1) is 0 Å². The van der Waals surface area contributed by atoms with Gasteiger partial charge in [0, 0.05) is 12.6 Å². The molecule has 0 bridgehead atoms. The molecule has 86 valence electrons. The number of likely N-dealkylation sites (N-methyl/N-ethyl adjacent to an activating group) is 1. The molecule has 0 spiro atoms. The van der Waals surface area contributed by atoms with E-state index in [1.807, 2.05) is 6.92 Å². The fourth-order valence-corrected chi connectivity index (χ4v) is 3.58. The van der Waals surface area contributed by atoms with Crippen LogP contribution in [-0.2, 0) is 14.6 Å². The molecular formula is C10H17NO3S. The van der Waals surface area contributed by atoms with E-state index in [2.05, 4.69) is 0 Å². The highest BCUT2D eigenvalue weighted by molar-refractivity contribution is 7.91. The first-order valence-corrected chi connectivity index (χ1v) is 6.96. The highest BCUT2D eigenvalue weighted by Gasteiger charge is 2.33. The molecule has 0 N–H and O–H groups in total. The van der Waals surface area contributed by atoms with Crippen LogP contribution in [0.1, 0.15) is 20.3 Å². The Morgan fingerprint density at radius 3 is 2.60 bits per heavy atom. The minimum atomic E-state index is -2.92. The van der Waals surface area contributed by atoms with Crippen LogP contribution in [0.4, 0.5) is 0 Å². The van der Waals surface area contributed by atoms with Crippen molar-refractivity contribution in [2.45, 2.75) is 26.3 Å². The number of carbonyl (C=O) groups is 1. The van der Waals surface area contributed by atoms with Crippen molar-refractivity contribution in [3.63, 3.8) is 0 Å². The van der Waals surface area contributed by atoms with Crippen LogP contribution in [0.15, 0.2) is 12.2 Å². The van der Waals surface area contributed by atoms with Gasteiger partial charge >= 0.3 is 0 Å². The molecule has 5 heteroatoms. The molecule has 1 aliphatic heterocycles. The van der Waals surface area contributed by atoms with Crippen molar-refractivity contribution in [1.82, 2.24) is 4.90 Å². The van der Waals surface area contributed by atoms with Gasteiger partial charge in [0.05, 0.1) is 11.5 Å². The predicted octanol–water partition coefficient (Wildman–Crippen LogP) is 0.598. The van der Waals surface area contributed by atoms with Gasteiger partial charge in [0.2, 0.25) is 5.91 Å². The van der Waals surface area contributed by atoms with Gasteiger partial charge in [-0.05, 0) is 26.3 Å². The zero-order chi connectivity index (χ0) is 11.5. The molecule has 1 rings (SSSR count). The lowest BCUT2D eigenvalue weighted by Gasteiger charge is -2.25. The molecule has 0 aromatic rings. The Balaban J connectivity index is 2.73.